The number of hydrogen-bond acceptors (Lipinski definition) is 6. The van der Waals surface area contributed by atoms with Gasteiger partial charge in [0.15, 0.2) is 11.5 Å². The summed E-state index contributed by atoms with van der Waals surface area (Å²) < 4.78 is 18.2. The van der Waals surface area contributed by atoms with E-state index in [1.807, 2.05) is 12.1 Å². The first-order chi connectivity index (χ1) is 14.8. The van der Waals surface area contributed by atoms with E-state index < -0.39 is 5.60 Å². The molecule has 0 atom stereocenters. The molecule has 3 aromatic rings. The summed E-state index contributed by atoms with van der Waals surface area (Å²) in [5.41, 5.74) is 0.622. The van der Waals surface area contributed by atoms with Gasteiger partial charge in [-0.1, -0.05) is 18.2 Å². The molecule has 0 spiro atoms. The highest BCUT2D eigenvalue weighted by molar-refractivity contribution is 5.49. The van der Waals surface area contributed by atoms with Crippen LogP contribution in [0, 0.1) is 11.3 Å². The van der Waals surface area contributed by atoms with Gasteiger partial charge in [0.2, 0.25) is 0 Å². The van der Waals surface area contributed by atoms with Gasteiger partial charge >= 0.3 is 0 Å². The molecule has 0 aliphatic rings. The molecule has 0 bridgehead atoms. The van der Waals surface area contributed by atoms with Crippen LogP contribution in [-0.2, 0) is 6.61 Å². The van der Waals surface area contributed by atoms with Gasteiger partial charge in [0.25, 0.3) is 5.56 Å². The van der Waals surface area contributed by atoms with E-state index in [-0.39, 0.29) is 18.8 Å². The van der Waals surface area contributed by atoms with Gasteiger partial charge in [-0.15, -0.1) is 0 Å². The molecule has 0 saturated heterocycles. The Hall–Kier alpha value is -3.76. The lowest BCUT2D eigenvalue weighted by atomic mass is 10.1. The molecule has 0 amide bonds. The van der Waals surface area contributed by atoms with E-state index >= 15 is 0 Å². The molecule has 1 heterocycles. The molecule has 31 heavy (non-hydrogen) atoms. The van der Waals surface area contributed by atoms with Gasteiger partial charge in [-0.3, -0.25) is 9.36 Å². The van der Waals surface area contributed by atoms with Crippen LogP contribution in [-0.4, -0.2) is 29.0 Å². The van der Waals surface area contributed by atoms with Crippen molar-refractivity contribution in [2.45, 2.75) is 26.1 Å². The molecule has 1 aromatic heterocycles. The zero-order valence-corrected chi connectivity index (χ0v) is 17.7. The minimum Gasteiger partial charge on any atom is -0.493 e. The summed E-state index contributed by atoms with van der Waals surface area (Å²) in [6, 6.07) is 17.5. The van der Waals surface area contributed by atoms with E-state index in [9.17, 15) is 9.90 Å². The average Bonchev–Trinajstić information content (AvgIpc) is 2.76. The fourth-order valence-corrected chi connectivity index (χ4v) is 2.86. The second kappa shape index (κ2) is 9.37. The molecular weight excluding hydrogens is 396 g/mol. The Kier molecular flexibility index (Phi) is 6.63. The Morgan fingerprint density at radius 3 is 2.52 bits per heavy atom. The van der Waals surface area contributed by atoms with Crippen molar-refractivity contribution in [3.05, 3.63) is 82.3 Å². The summed E-state index contributed by atoms with van der Waals surface area (Å²) in [6.45, 7) is 3.59. The lowest BCUT2D eigenvalue weighted by Crippen LogP contribution is -2.28. The van der Waals surface area contributed by atoms with Gasteiger partial charge in [0, 0.05) is 23.9 Å². The second-order valence-electron chi connectivity index (χ2n) is 7.56. The van der Waals surface area contributed by atoms with Gasteiger partial charge in [0.05, 0.1) is 30.0 Å². The summed E-state index contributed by atoms with van der Waals surface area (Å²) in [5, 5.41) is 19.0. The number of rotatable bonds is 8. The highest BCUT2D eigenvalue weighted by Gasteiger charge is 2.16. The fourth-order valence-electron chi connectivity index (χ4n) is 2.86. The second-order valence-corrected chi connectivity index (χ2v) is 7.56. The van der Waals surface area contributed by atoms with Crippen LogP contribution >= 0.6 is 0 Å². The number of hydrogen-bond donors (Lipinski definition) is 1. The zero-order chi connectivity index (χ0) is 22.4. The molecule has 0 aliphatic heterocycles. The summed E-state index contributed by atoms with van der Waals surface area (Å²) in [5.74, 6) is 1.32. The predicted octanol–water partition coefficient (Wildman–Crippen LogP) is 3.45. The molecule has 7 nitrogen and oxygen atoms in total. The van der Waals surface area contributed by atoms with Crippen LogP contribution in [0.2, 0.25) is 0 Å². The number of nitrogens with zero attached hydrogens (tertiary/aromatic N) is 2. The number of methoxy groups -OCH3 is 1. The highest BCUT2D eigenvalue weighted by atomic mass is 16.5. The largest absolute Gasteiger partial charge is 0.493 e. The van der Waals surface area contributed by atoms with Crippen molar-refractivity contribution in [3.63, 3.8) is 0 Å². The first-order valence-electron chi connectivity index (χ1n) is 9.68. The SMILES string of the molecule is COc1cc(-n2ccc(OCc3ccccc3C#N)cc2=O)ccc1OCC(C)(C)O. The van der Waals surface area contributed by atoms with Gasteiger partial charge in [-0.2, -0.15) is 5.26 Å². The maximum absolute atomic E-state index is 12.6. The molecule has 160 valence electrons. The number of ether oxygens (including phenoxy) is 3. The Bertz CT molecular complexity index is 1160. The quantitative estimate of drug-likeness (QED) is 0.600. The van der Waals surface area contributed by atoms with E-state index in [0.29, 0.717) is 28.5 Å². The van der Waals surface area contributed by atoms with Crippen LogP contribution < -0.4 is 19.8 Å². The summed E-state index contributed by atoms with van der Waals surface area (Å²) in [7, 11) is 1.51. The summed E-state index contributed by atoms with van der Waals surface area (Å²) in [4.78, 5) is 12.6. The van der Waals surface area contributed by atoms with Gasteiger partial charge in [-0.25, -0.2) is 0 Å². The van der Waals surface area contributed by atoms with E-state index in [2.05, 4.69) is 6.07 Å². The third kappa shape index (κ3) is 5.65. The van der Waals surface area contributed by atoms with Crippen LogP contribution in [0.4, 0.5) is 0 Å². The fraction of sp³-hybridized carbons (Fsp3) is 0.250. The smallest absolute Gasteiger partial charge is 0.258 e. The number of aromatic nitrogens is 1. The van der Waals surface area contributed by atoms with Crippen molar-refractivity contribution in [3.8, 4) is 29.0 Å². The van der Waals surface area contributed by atoms with Crippen molar-refractivity contribution in [1.29, 1.82) is 5.26 Å². The van der Waals surface area contributed by atoms with E-state index in [1.54, 1.807) is 56.4 Å². The molecule has 0 saturated carbocycles. The Labute approximate surface area is 180 Å². The lowest BCUT2D eigenvalue weighted by molar-refractivity contribution is 0.0276. The van der Waals surface area contributed by atoms with Crippen molar-refractivity contribution < 1.29 is 19.3 Å². The first kappa shape index (κ1) is 21.9. The Morgan fingerprint density at radius 2 is 1.84 bits per heavy atom. The molecule has 0 unspecified atom stereocenters. The summed E-state index contributed by atoms with van der Waals surface area (Å²) in [6.07, 6.45) is 1.61. The molecule has 0 aliphatic carbocycles. The van der Waals surface area contributed by atoms with Gasteiger partial charge in [-0.05, 0) is 38.1 Å². The van der Waals surface area contributed by atoms with Crippen molar-refractivity contribution in [2.75, 3.05) is 13.7 Å². The summed E-state index contributed by atoms with van der Waals surface area (Å²) >= 11 is 0. The van der Waals surface area contributed by atoms with Crippen LogP contribution in [0.15, 0.2) is 65.6 Å². The maximum Gasteiger partial charge on any atom is 0.258 e. The molecule has 1 N–H and O–H groups in total. The van der Waals surface area contributed by atoms with E-state index in [1.165, 1.54) is 17.7 Å². The standard InChI is InChI=1S/C24H24N2O5/c1-24(2,28)16-31-21-9-8-19(12-22(21)29-3)26-11-10-20(13-23(26)27)30-15-18-7-5-4-6-17(18)14-25/h4-13,28H,15-16H2,1-3H3. The average molecular weight is 420 g/mol. The Morgan fingerprint density at radius 1 is 1.06 bits per heavy atom. The zero-order valence-electron chi connectivity index (χ0n) is 17.7. The normalized spacial score (nSPS) is 10.9. The maximum atomic E-state index is 12.6. The minimum absolute atomic E-state index is 0.101. The van der Waals surface area contributed by atoms with Crippen molar-refractivity contribution in [1.82, 2.24) is 4.57 Å². The van der Waals surface area contributed by atoms with Crippen molar-refractivity contribution in [2.24, 2.45) is 0 Å². The third-order valence-electron chi connectivity index (χ3n) is 4.43. The lowest BCUT2D eigenvalue weighted by Gasteiger charge is -2.19. The molecule has 0 fully saturated rings. The van der Waals surface area contributed by atoms with Crippen molar-refractivity contribution >= 4 is 0 Å². The van der Waals surface area contributed by atoms with Gasteiger partial charge in [0.1, 0.15) is 19.0 Å². The van der Waals surface area contributed by atoms with Crippen LogP contribution in [0.1, 0.15) is 25.0 Å². The Balaban J connectivity index is 1.78. The highest BCUT2D eigenvalue weighted by Crippen LogP contribution is 2.30. The number of pyridine rings is 1. The third-order valence-corrected chi connectivity index (χ3v) is 4.43. The molecular formula is C24H24N2O5. The van der Waals surface area contributed by atoms with Crippen LogP contribution in [0.25, 0.3) is 5.69 Å². The monoisotopic (exact) mass is 420 g/mol. The van der Waals surface area contributed by atoms with Gasteiger partial charge < -0.3 is 19.3 Å². The van der Waals surface area contributed by atoms with Crippen LogP contribution in [0.3, 0.4) is 0 Å². The molecule has 3 rings (SSSR count). The topological polar surface area (TPSA) is 93.7 Å². The van der Waals surface area contributed by atoms with E-state index in [4.69, 9.17) is 19.5 Å². The number of nitriles is 1. The first-order valence-corrected chi connectivity index (χ1v) is 9.68. The van der Waals surface area contributed by atoms with E-state index in [0.717, 1.165) is 5.56 Å². The van der Waals surface area contributed by atoms with Crippen LogP contribution in [0.5, 0.6) is 17.2 Å². The number of aliphatic hydroxyl groups is 1. The minimum atomic E-state index is -0.982. The molecule has 2 aromatic carbocycles. The number of benzene rings is 2. The predicted molar refractivity (Wildman–Crippen MR) is 116 cm³/mol. The molecule has 0 radical (unpaired) electrons. The molecule has 7 heteroatoms.